The van der Waals surface area contributed by atoms with Crippen molar-refractivity contribution in [2.75, 3.05) is 13.7 Å². The van der Waals surface area contributed by atoms with E-state index in [-0.39, 0.29) is 11.9 Å². The Morgan fingerprint density at radius 1 is 1.27 bits per heavy atom. The number of benzene rings is 1. The van der Waals surface area contributed by atoms with E-state index in [1.165, 1.54) is 0 Å². The number of ether oxygens (including phenoxy) is 1. The van der Waals surface area contributed by atoms with Crippen LogP contribution in [-0.2, 0) is 7.05 Å². The van der Waals surface area contributed by atoms with Crippen molar-refractivity contribution < 1.29 is 9.53 Å². The van der Waals surface area contributed by atoms with Crippen molar-refractivity contribution in [1.29, 1.82) is 0 Å². The Labute approximate surface area is 156 Å². The van der Waals surface area contributed by atoms with Crippen LogP contribution in [0.1, 0.15) is 34.9 Å². The van der Waals surface area contributed by atoms with E-state index >= 15 is 0 Å². The number of nitrogens with zero attached hydrogens (tertiary/aromatic N) is 3. The van der Waals surface area contributed by atoms with Gasteiger partial charge in [-0.15, -0.1) is 11.3 Å². The van der Waals surface area contributed by atoms with Crippen LogP contribution >= 0.6 is 11.3 Å². The minimum absolute atomic E-state index is 0.0353. The summed E-state index contributed by atoms with van der Waals surface area (Å²) in [6.07, 6.45) is 1.97. The molecule has 6 heteroatoms. The molecule has 1 amide bonds. The summed E-state index contributed by atoms with van der Waals surface area (Å²) < 4.78 is 7.03. The molecule has 1 aliphatic rings. The first-order valence-corrected chi connectivity index (χ1v) is 9.58. The second-order valence-corrected chi connectivity index (χ2v) is 7.40. The zero-order chi connectivity index (χ0) is 18.1. The molecule has 26 heavy (non-hydrogen) atoms. The third-order valence-electron chi connectivity index (χ3n) is 4.86. The summed E-state index contributed by atoms with van der Waals surface area (Å²) in [7, 11) is 3.50. The van der Waals surface area contributed by atoms with Gasteiger partial charge in [0.25, 0.3) is 5.91 Å². The molecule has 0 radical (unpaired) electrons. The highest BCUT2D eigenvalue weighted by molar-refractivity contribution is 7.13. The van der Waals surface area contributed by atoms with Crippen LogP contribution in [0.4, 0.5) is 0 Å². The van der Waals surface area contributed by atoms with E-state index in [9.17, 15) is 4.79 Å². The monoisotopic (exact) mass is 367 g/mol. The van der Waals surface area contributed by atoms with Crippen LogP contribution in [0.5, 0.6) is 5.75 Å². The first-order valence-electron chi connectivity index (χ1n) is 8.70. The molecule has 0 bridgehead atoms. The van der Waals surface area contributed by atoms with Gasteiger partial charge in [-0.25, -0.2) is 0 Å². The number of hydrogen-bond donors (Lipinski definition) is 0. The van der Waals surface area contributed by atoms with Gasteiger partial charge in [0.1, 0.15) is 17.1 Å². The largest absolute Gasteiger partial charge is 0.497 e. The number of hydrogen-bond acceptors (Lipinski definition) is 4. The molecule has 3 heterocycles. The quantitative estimate of drug-likeness (QED) is 0.696. The summed E-state index contributed by atoms with van der Waals surface area (Å²) in [6, 6.07) is 14.0. The molecule has 0 saturated carbocycles. The van der Waals surface area contributed by atoms with Crippen molar-refractivity contribution in [1.82, 2.24) is 14.7 Å². The lowest BCUT2D eigenvalue weighted by Gasteiger charge is -2.25. The fourth-order valence-electron chi connectivity index (χ4n) is 3.56. The summed E-state index contributed by atoms with van der Waals surface area (Å²) >= 11 is 1.63. The average Bonchev–Trinajstić information content (AvgIpc) is 3.41. The topological polar surface area (TPSA) is 47.4 Å². The van der Waals surface area contributed by atoms with Crippen LogP contribution in [0, 0.1) is 0 Å². The van der Waals surface area contributed by atoms with Gasteiger partial charge in [0.05, 0.1) is 18.0 Å². The lowest BCUT2D eigenvalue weighted by molar-refractivity contribution is 0.0724. The van der Waals surface area contributed by atoms with Crippen LogP contribution in [0.25, 0.3) is 10.6 Å². The first kappa shape index (κ1) is 16.8. The summed E-state index contributed by atoms with van der Waals surface area (Å²) in [4.78, 5) is 16.3. The summed E-state index contributed by atoms with van der Waals surface area (Å²) in [5, 5.41) is 6.55. The Balaban J connectivity index is 1.63. The predicted octanol–water partition coefficient (Wildman–Crippen LogP) is 4.13. The van der Waals surface area contributed by atoms with E-state index in [0.29, 0.717) is 5.69 Å². The SMILES string of the molecule is COc1cccc([C@H]2CCCN2C(=O)c2cc(-c3cccs3)nn2C)c1. The van der Waals surface area contributed by atoms with Gasteiger partial charge in [0.2, 0.25) is 0 Å². The molecule has 0 aliphatic carbocycles. The molecule has 1 aromatic carbocycles. The highest BCUT2D eigenvalue weighted by Crippen LogP contribution is 2.35. The summed E-state index contributed by atoms with van der Waals surface area (Å²) in [5.74, 6) is 0.857. The number of rotatable bonds is 4. The standard InChI is InChI=1S/C20H21N3O2S/c1-22-18(13-16(21-22)19-9-5-11-26-19)20(24)23-10-4-8-17(23)14-6-3-7-15(12-14)25-2/h3,5-7,9,11-13,17H,4,8,10H2,1-2H3/t17-/m1/s1. The molecule has 1 atom stereocenters. The number of carbonyl (C=O) groups is 1. The van der Waals surface area contributed by atoms with Gasteiger partial charge < -0.3 is 9.64 Å². The van der Waals surface area contributed by atoms with Gasteiger partial charge in [0.15, 0.2) is 0 Å². The molecule has 0 spiro atoms. The molecule has 0 N–H and O–H groups in total. The Hall–Kier alpha value is -2.60. The van der Waals surface area contributed by atoms with Crippen molar-refractivity contribution in [3.05, 3.63) is 59.1 Å². The molecular formula is C20H21N3O2S. The second kappa shape index (κ2) is 6.96. The highest BCUT2D eigenvalue weighted by atomic mass is 32.1. The zero-order valence-corrected chi connectivity index (χ0v) is 15.7. The molecule has 3 aromatic rings. The molecule has 1 saturated heterocycles. The number of aromatic nitrogens is 2. The highest BCUT2D eigenvalue weighted by Gasteiger charge is 2.32. The van der Waals surface area contributed by atoms with Crippen molar-refractivity contribution >= 4 is 17.2 Å². The summed E-state index contributed by atoms with van der Waals surface area (Å²) in [5.41, 5.74) is 2.60. The molecule has 0 unspecified atom stereocenters. The maximum Gasteiger partial charge on any atom is 0.272 e. The zero-order valence-electron chi connectivity index (χ0n) is 14.9. The minimum atomic E-state index is 0.0353. The number of methoxy groups -OCH3 is 1. The van der Waals surface area contributed by atoms with Crippen LogP contribution < -0.4 is 4.74 Å². The predicted molar refractivity (Wildman–Crippen MR) is 103 cm³/mol. The van der Waals surface area contributed by atoms with Gasteiger partial charge in [-0.3, -0.25) is 9.48 Å². The summed E-state index contributed by atoms with van der Waals surface area (Å²) in [6.45, 7) is 0.764. The molecule has 5 nitrogen and oxygen atoms in total. The van der Waals surface area contributed by atoms with E-state index in [1.807, 2.05) is 53.7 Å². The number of carbonyl (C=O) groups excluding carboxylic acids is 1. The maximum atomic E-state index is 13.2. The van der Waals surface area contributed by atoms with Crippen molar-refractivity contribution in [2.24, 2.45) is 7.05 Å². The third-order valence-corrected chi connectivity index (χ3v) is 5.76. The van der Waals surface area contributed by atoms with Gasteiger partial charge in [-0.05, 0) is 48.1 Å². The van der Waals surface area contributed by atoms with Gasteiger partial charge in [0, 0.05) is 13.6 Å². The number of aryl methyl sites for hydroxylation is 1. The third kappa shape index (κ3) is 3.01. The fraction of sp³-hybridized carbons (Fsp3) is 0.300. The van der Waals surface area contributed by atoms with E-state index < -0.39 is 0 Å². The molecule has 134 valence electrons. The van der Waals surface area contributed by atoms with Crippen molar-refractivity contribution in [3.63, 3.8) is 0 Å². The fourth-order valence-corrected chi connectivity index (χ4v) is 4.25. The van der Waals surface area contributed by atoms with Gasteiger partial charge in [-0.1, -0.05) is 18.2 Å². The lowest BCUT2D eigenvalue weighted by atomic mass is 10.0. The van der Waals surface area contributed by atoms with Crippen molar-refractivity contribution in [2.45, 2.75) is 18.9 Å². The molecule has 1 aliphatic heterocycles. The van der Waals surface area contributed by atoms with Gasteiger partial charge >= 0.3 is 0 Å². The van der Waals surface area contributed by atoms with Crippen LogP contribution in [0.3, 0.4) is 0 Å². The maximum absolute atomic E-state index is 13.2. The molecular weight excluding hydrogens is 346 g/mol. The normalized spacial score (nSPS) is 16.8. The molecule has 4 rings (SSSR count). The van der Waals surface area contributed by atoms with Crippen LogP contribution in [-0.4, -0.2) is 34.2 Å². The van der Waals surface area contributed by atoms with Gasteiger partial charge in [-0.2, -0.15) is 5.10 Å². The number of thiophene rings is 1. The Morgan fingerprint density at radius 3 is 2.92 bits per heavy atom. The number of amides is 1. The Morgan fingerprint density at radius 2 is 2.15 bits per heavy atom. The lowest BCUT2D eigenvalue weighted by Crippen LogP contribution is -2.32. The van der Waals surface area contributed by atoms with E-state index in [2.05, 4.69) is 11.2 Å². The Bertz CT molecular complexity index is 917. The minimum Gasteiger partial charge on any atom is -0.497 e. The number of likely N-dealkylation sites (tertiary alicyclic amines) is 1. The first-order chi connectivity index (χ1) is 12.7. The van der Waals surface area contributed by atoms with Crippen LogP contribution in [0.15, 0.2) is 47.8 Å². The second-order valence-electron chi connectivity index (χ2n) is 6.45. The molecule has 2 aromatic heterocycles. The van der Waals surface area contributed by atoms with E-state index in [1.54, 1.807) is 23.1 Å². The molecule has 1 fully saturated rings. The van der Waals surface area contributed by atoms with E-state index in [0.717, 1.165) is 41.3 Å². The van der Waals surface area contributed by atoms with Crippen LogP contribution in [0.2, 0.25) is 0 Å². The average molecular weight is 367 g/mol. The smallest absolute Gasteiger partial charge is 0.272 e. The Kier molecular flexibility index (Phi) is 4.51. The van der Waals surface area contributed by atoms with E-state index in [4.69, 9.17) is 4.74 Å². The van der Waals surface area contributed by atoms with Crippen molar-refractivity contribution in [3.8, 4) is 16.3 Å².